The summed E-state index contributed by atoms with van der Waals surface area (Å²) in [6, 6.07) is 22.5. The molecule has 0 aromatic heterocycles. The lowest BCUT2D eigenvalue weighted by Gasteiger charge is -2.30. The van der Waals surface area contributed by atoms with E-state index in [1.54, 1.807) is 0 Å². The highest BCUT2D eigenvalue weighted by Gasteiger charge is 2.40. The Kier molecular flexibility index (Phi) is 3.39. The summed E-state index contributed by atoms with van der Waals surface area (Å²) in [4.78, 5) is 0. The number of benzene rings is 2. The predicted octanol–water partition coefficient (Wildman–Crippen LogP) is 3.74. The van der Waals surface area contributed by atoms with E-state index in [0.717, 1.165) is 6.54 Å². The highest BCUT2D eigenvalue weighted by molar-refractivity contribution is 5.41. The molecule has 0 amide bonds. The molecule has 1 heteroatoms. The molecule has 1 N–H and O–H groups in total. The lowest BCUT2D eigenvalue weighted by Crippen LogP contribution is -2.30. The van der Waals surface area contributed by atoms with Gasteiger partial charge < -0.3 is 5.32 Å². The maximum absolute atomic E-state index is 3.69. The van der Waals surface area contributed by atoms with E-state index in [-0.39, 0.29) is 5.41 Å². The molecule has 0 spiro atoms. The molecule has 19 heavy (non-hydrogen) atoms. The third kappa shape index (κ3) is 2.19. The van der Waals surface area contributed by atoms with Crippen molar-refractivity contribution in [2.45, 2.75) is 31.2 Å². The minimum Gasteiger partial charge on any atom is -0.313 e. The molecule has 1 saturated heterocycles. The summed E-state index contributed by atoms with van der Waals surface area (Å²) in [5.41, 5.74) is 3.01. The SMILES string of the molecule is CCC1CC(c2ccccc2)(c2ccccc2)CN1. The zero-order valence-electron chi connectivity index (χ0n) is 11.5. The van der Waals surface area contributed by atoms with Crippen molar-refractivity contribution in [2.24, 2.45) is 0 Å². The molecular weight excluding hydrogens is 230 g/mol. The summed E-state index contributed by atoms with van der Waals surface area (Å²) >= 11 is 0. The van der Waals surface area contributed by atoms with Crippen molar-refractivity contribution in [2.75, 3.05) is 6.54 Å². The fourth-order valence-electron chi connectivity index (χ4n) is 3.29. The van der Waals surface area contributed by atoms with Crippen molar-refractivity contribution in [1.29, 1.82) is 0 Å². The minimum absolute atomic E-state index is 0.142. The van der Waals surface area contributed by atoms with Crippen LogP contribution in [0.25, 0.3) is 0 Å². The van der Waals surface area contributed by atoms with Gasteiger partial charge in [0.05, 0.1) is 0 Å². The van der Waals surface area contributed by atoms with Gasteiger partial charge in [-0.15, -0.1) is 0 Å². The fraction of sp³-hybridized carbons (Fsp3) is 0.333. The Hall–Kier alpha value is -1.60. The van der Waals surface area contributed by atoms with E-state index < -0.39 is 0 Å². The van der Waals surface area contributed by atoms with E-state index in [0.29, 0.717) is 6.04 Å². The molecule has 0 saturated carbocycles. The van der Waals surface area contributed by atoms with Gasteiger partial charge in [-0.25, -0.2) is 0 Å². The van der Waals surface area contributed by atoms with Gasteiger partial charge in [0.1, 0.15) is 0 Å². The van der Waals surface area contributed by atoms with Gasteiger partial charge in [0.15, 0.2) is 0 Å². The second kappa shape index (κ2) is 5.18. The molecular formula is C18H21N. The van der Waals surface area contributed by atoms with Crippen LogP contribution < -0.4 is 5.32 Å². The van der Waals surface area contributed by atoms with Crippen LogP contribution in [0.5, 0.6) is 0 Å². The van der Waals surface area contributed by atoms with Gasteiger partial charge in [-0.2, -0.15) is 0 Å². The van der Waals surface area contributed by atoms with Crippen LogP contribution in [0.3, 0.4) is 0 Å². The largest absolute Gasteiger partial charge is 0.313 e. The summed E-state index contributed by atoms with van der Waals surface area (Å²) in [7, 11) is 0. The molecule has 1 unspecified atom stereocenters. The van der Waals surface area contributed by atoms with Gasteiger partial charge in [0, 0.05) is 18.0 Å². The number of hydrogen-bond acceptors (Lipinski definition) is 1. The predicted molar refractivity (Wildman–Crippen MR) is 80.4 cm³/mol. The fourth-order valence-corrected chi connectivity index (χ4v) is 3.29. The molecule has 0 radical (unpaired) electrons. The standard InChI is InChI=1S/C18H21N/c1-2-17-13-18(14-19-17,15-9-5-3-6-10-15)16-11-7-4-8-12-16/h3-12,17,19H,2,13-14H2,1H3. The van der Waals surface area contributed by atoms with E-state index in [4.69, 9.17) is 0 Å². The third-order valence-electron chi connectivity index (χ3n) is 4.43. The first-order chi connectivity index (χ1) is 9.35. The van der Waals surface area contributed by atoms with Crippen LogP contribution in [0, 0.1) is 0 Å². The zero-order chi connectivity index (χ0) is 13.1. The molecule has 1 aliphatic rings. The molecule has 1 atom stereocenters. The Bertz CT molecular complexity index is 478. The molecule has 2 aromatic rings. The van der Waals surface area contributed by atoms with Gasteiger partial charge in [-0.1, -0.05) is 67.6 Å². The quantitative estimate of drug-likeness (QED) is 0.876. The van der Waals surface area contributed by atoms with Crippen LogP contribution in [0.1, 0.15) is 30.9 Å². The van der Waals surface area contributed by atoms with Gasteiger partial charge >= 0.3 is 0 Å². The van der Waals surface area contributed by atoms with Gasteiger partial charge in [-0.3, -0.25) is 0 Å². The highest BCUT2D eigenvalue weighted by atomic mass is 15.0. The smallest absolute Gasteiger partial charge is 0.0342 e. The first-order valence-electron chi connectivity index (χ1n) is 7.19. The van der Waals surface area contributed by atoms with Crippen LogP contribution in [0.2, 0.25) is 0 Å². The third-order valence-corrected chi connectivity index (χ3v) is 4.43. The normalized spacial score (nSPS) is 21.4. The maximum Gasteiger partial charge on any atom is 0.0342 e. The second-order valence-corrected chi connectivity index (χ2v) is 5.50. The van der Waals surface area contributed by atoms with E-state index >= 15 is 0 Å². The topological polar surface area (TPSA) is 12.0 Å². The first kappa shape index (κ1) is 12.4. The van der Waals surface area contributed by atoms with Gasteiger partial charge in [0.2, 0.25) is 0 Å². The Morgan fingerprint density at radius 1 is 0.947 bits per heavy atom. The van der Waals surface area contributed by atoms with Crippen LogP contribution in [0.4, 0.5) is 0 Å². The summed E-state index contributed by atoms with van der Waals surface area (Å²) < 4.78 is 0. The van der Waals surface area contributed by atoms with Gasteiger partial charge in [0.25, 0.3) is 0 Å². The molecule has 0 aliphatic carbocycles. The van der Waals surface area contributed by atoms with Crippen molar-refractivity contribution in [3.05, 3.63) is 71.8 Å². The summed E-state index contributed by atoms with van der Waals surface area (Å²) in [5.74, 6) is 0. The van der Waals surface area contributed by atoms with E-state index in [1.807, 2.05) is 0 Å². The summed E-state index contributed by atoms with van der Waals surface area (Å²) in [5, 5.41) is 3.69. The van der Waals surface area contributed by atoms with Crippen molar-refractivity contribution >= 4 is 0 Å². The van der Waals surface area contributed by atoms with E-state index in [2.05, 4.69) is 72.9 Å². The Labute approximate surface area is 115 Å². The van der Waals surface area contributed by atoms with Crippen molar-refractivity contribution < 1.29 is 0 Å². The van der Waals surface area contributed by atoms with Crippen molar-refractivity contribution in [1.82, 2.24) is 5.32 Å². The highest BCUT2D eigenvalue weighted by Crippen LogP contribution is 2.40. The zero-order valence-corrected chi connectivity index (χ0v) is 11.5. The lowest BCUT2D eigenvalue weighted by molar-refractivity contribution is 0.534. The molecule has 2 aromatic carbocycles. The number of nitrogens with one attached hydrogen (secondary N) is 1. The maximum atomic E-state index is 3.69. The van der Waals surface area contributed by atoms with E-state index in [9.17, 15) is 0 Å². The van der Waals surface area contributed by atoms with Crippen LogP contribution in [0.15, 0.2) is 60.7 Å². The monoisotopic (exact) mass is 251 g/mol. The average Bonchev–Trinajstić information content (AvgIpc) is 2.95. The van der Waals surface area contributed by atoms with Crippen molar-refractivity contribution in [3.63, 3.8) is 0 Å². The molecule has 1 fully saturated rings. The summed E-state index contributed by atoms with van der Waals surface area (Å²) in [6.45, 7) is 3.31. The lowest BCUT2D eigenvalue weighted by atomic mass is 9.73. The average molecular weight is 251 g/mol. The molecule has 1 aliphatic heterocycles. The molecule has 98 valence electrons. The van der Waals surface area contributed by atoms with Crippen molar-refractivity contribution in [3.8, 4) is 0 Å². The van der Waals surface area contributed by atoms with E-state index in [1.165, 1.54) is 24.0 Å². The summed E-state index contributed by atoms with van der Waals surface area (Å²) in [6.07, 6.45) is 2.39. The molecule has 3 rings (SSSR count). The molecule has 0 bridgehead atoms. The molecule has 1 heterocycles. The van der Waals surface area contributed by atoms with Crippen LogP contribution in [-0.4, -0.2) is 12.6 Å². The van der Waals surface area contributed by atoms with Crippen LogP contribution >= 0.6 is 0 Å². The Morgan fingerprint density at radius 3 is 1.89 bits per heavy atom. The number of rotatable bonds is 3. The molecule has 1 nitrogen and oxygen atoms in total. The first-order valence-corrected chi connectivity index (χ1v) is 7.19. The Morgan fingerprint density at radius 2 is 1.47 bits per heavy atom. The second-order valence-electron chi connectivity index (χ2n) is 5.50. The number of hydrogen-bond donors (Lipinski definition) is 1. The minimum atomic E-state index is 0.142. The Balaban J connectivity index is 2.07. The van der Waals surface area contributed by atoms with Gasteiger partial charge in [-0.05, 0) is 24.0 Å². The van der Waals surface area contributed by atoms with Crippen LogP contribution in [-0.2, 0) is 5.41 Å².